The van der Waals surface area contributed by atoms with Gasteiger partial charge >= 0.3 is 0 Å². The lowest BCUT2D eigenvalue weighted by Gasteiger charge is -2.11. The topological polar surface area (TPSA) is 41.6 Å². The van der Waals surface area contributed by atoms with Crippen LogP contribution in [0.5, 0.6) is 0 Å². The lowest BCUT2D eigenvalue weighted by atomic mass is 10.1. The monoisotopic (exact) mass is 333 g/mol. The van der Waals surface area contributed by atoms with Gasteiger partial charge in [0.05, 0.1) is 10.6 Å². The third-order valence-electron chi connectivity index (χ3n) is 3.18. The molecule has 6 heteroatoms. The van der Waals surface area contributed by atoms with Gasteiger partial charge in [-0.15, -0.1) is 23.5 Å². The van der Waals surface area contributed by atoms with Crippen LogP contribution in [0.2, 0.25) is 5.02 Å². The highest BCUT2D eigenvalue weighted by Gasteiger charge is 2.27. The van der Waals surface area contributed by atoms with Crippen LogP contribution in [0.15, 0.2) is 41.2 Å². The van der Waals surface area contributed by atoms with Crippen LogP contribution in [0.4, 0.5) is 0 Å². The SMILES string of the molecule is Cc1ccc([C@H]2CS/C(=C(/C#N)n3ccnc3)S2)c(Cl)c1. The normalized spacial score (nSPS) is 20.3. The van der Waals surface area contributed by atoms with Gasteiger partial charge in [-0.05, 0) is 24.1 Å². The van der Waals surface area contributed by atoms with Gasteiger partial charge in [0.1, 0.15) is 11.8 Å². The molecule has 0 radical (unpaired) electrons. The second-order valence-electron chi connectivity index (χ2n) is 4.66. The Labute approximate surface area is 137 Å². The number of halogens is 1. The van der Waals surface area contributed by atoms with Gasteiger partial charge in [-0.25, -0.2) is 4.98 Å². The van der Waals surface area contributed by atoms with Crippen molar-refractivity contribution >= 4 is 40.8 Å². The highest BCUT2D eigenvalue weighted by molar-refractivity contribution is 8.25. The first-order valence-electron chi connectivity index (χ1n) is 6.37. The van der Waals surface area contributed by atoms with Crippen LogP contribution in [-0.4, -0.2) is 15.3 Å². The molecule has 2 aromatic rings. The molecule has 21 heavy (non-hydrogen) atoms. The standard InChI is InChI=1S/C15H12ClN3S2/c1-10-2-3-11(12(16)6-10)14-8-20-15(21-14)13(7-17)19-5-4-18-9-19/h2-6,9,14H,8H2,1H3/b15-13+/t14-/m1/s1. The molecule has 0 unspecified atom stereocenters. The van der Waals surface area contributed by atoms with Gasteiger partial charge in [0.2, 0.25) is 0 Å². The fourth-order valence-corrected chi connectivity index (χ4v) is 5.48. The Balaban J connectivity index is 1.90. The smallest absolute Gasteiger partial charge is 0.145 e. The van der Waals surface area contributed by atoms with E-state index < -0.39 is 0 Å². The highest BCUT2D eigenvalue weighted by atomic mass is 35.5. The van der Waals surface area contributed by atoms with Gasteiger partial charge in [-0.3, -0.25) is 4.57 Å². The number of hydrogen-bond acceptors (Lipinski definition) is 4. The zero-order valence-electron chi connectivity index (χ0n) is 11.3. The molecule has 1 aliphatic heterocycles. The van der Waals surface area contributed by atoms with Crippen LogP contribution in [-0.2, 0) is 0 Å². The number of allylic oxidation sites excluding steroid dienone is 1. The molecular formula is C15H12ClN3S2. The molecule has 0 spiro atoms. The minimum Gasteiger partial charge on any atom is -0.296 e. The molecule has 1 aliphatic rings. The number of aromatic nitrogens is 2. The van der Waals surface area contributed by atoms with Crippen LogP contribution < -0.4 is 0 Å². The lowest BCUT2D eigenvalue weighted by Crippen LogP contribution is -1.94. The summed E-state index contributed by atoms with van der Waals surface area (Å²) in [6.45, 7) is 2.03. The molecule has 1 saturated heterocycles. The number of aryl methyl sites for hydroxylation is 1. The summed E-state index contributed by atoms with van der Waals surface area (Å²) in [4.78, 5) is 4.00. The molecule has 3 nitrogen and oxygen atoms in total. The largest absolute Gasteiger partial charge is 0.296 e. The summed E-state index contributed by atoms with van der Waals surface area (Å²) >= 11 is 9.76. The molecule has 1 fully saturated rings. The molecule has 1 atom stereocenters. The zero-order valence-corrected chi connectivity index (χ0v) is 13.7. The van der Waals surface area contributed by atoms with Crippen molar-refractivity contribution in [3.63, 3.8) is 0 Å². The average Bonchev–Trinajstić information content (AvgIpc) is 3.12. The number of imidazole rings is 1. The Bertz CT molecular complexity index is 732. The maximum atomic E-state index is 9.40. The van der Waals surface area contributed by atoms with Crippen LogP contribution in [0, 0.1) is 18.3 Å². The van der Waals surface area contributed by atoms with Crippen molar-refractivity contribution in [2.45, 2.75) is 12.2 Å². The van der Waals surface area contributed by atoms with E-state index in [-0.39, 0.29) is 5.25 Å². The summed E-state index contributed by atoms with van der Waals surface area (Å²) in [6, 6.07) is 8.43. The van der Waals surface area contributed by atoms with Crippen LogP contribution in [0.25, 0.3) is 5.70 Å². The molecule has 0 saturated carbocycles. The van der Waals surface area contributed by atoms with Crippen LogP contribution in [0.1, 0.15) is 16.4 Å². The second-order valence-corrected chi connectivity index (χ2v) is 7.57. The summed E-state index contributed by atoms with van der Waals surface area (Å²) in [5.74, 6) is 0.919. The lowest BCUT2D eigenvalue weighted by molar-refractivity contribution is 1.10. The summed E-state index contributed by atoms with van der Waals surface area (Å²) in [6.07, 6.45) is 5.12. The van der Waals surface area contributed by atoms with E-state index in [0.29, 0.717) is 5.70 Å². The van der Waals surface area contributed by atoms with E-state index >= 15 is 0 Å². The second kappa shape index (κ2) is 6.18. The molecule has 0 amide bonds. The Morgan fingerprint density at radius 2 is 2.38 bits per heavy atom. The van der Waals surface area contributed by atoms with Gasteiger partial charge in [-0.1, -0.05) is 23.7 Å². The van der Waals surface area contributed by atoms with Gasteiger partial charge < -0.3 is 0 Å². The van der Waals surface area contributed by atoms with E-state index in [9.17, 15) is 5.26 Å². The predicted octanol–water partition coefficient (Wildman–Crippen LogP) is 4.72. The first kappa shape index (κ1) is 14.6. The Morgan fingerprint density at radius 3 is 3.05 bits per heavy atom. The number of hydrogen-bond donors (Lipinski definition) is 0. The minimum absolute atomic E-state index is 0.282. The number of rotatable bonds is 2. The van der Waals surface area contributed by atoms with Crippen molar-refractivity contribution in [3.05, 3.63) is 57.3 Å². The summed E-state index contributed by atoms with van der Waals surface area (Å²) in [5, 5.41) is 10.5. The molecule has 1 aromatic heterocycles. The molecule has 0 bridgehead atoms. The predicted molar refractivity (Wildman–Crippen MR) is 90.0 cm³/mol. The van der Waals surface area contributed by atoms with Crippen molar-refractivity contribution in [3.8, 4) is 6.07 Å². The number of nitrogens with zero attached hydrogens (tertiary/aromatic N) is 3. The minimum atomic E-state index is 0.282. The van der Waals surface area contributed by atoms with Gasteiger partial charge in [-0.2, -0.15) is 5.26 Å². The van der Waals surface area contributed by atoms with Crippen molar-refractivity contribution < 1.29 is 0 Å². The van der Waals surface area contributed by atoms with E-state index in [1.54, 1.807) is 46.8 Å². The zero-order chi connectivity index (χ0) is 14.8. The van der Waals surface area contributed by atoms with E-state index in [4.69, 9.17) is 11.6 Å². The van der Waals surface area contributed by atoms with E-state index in [0.717, 1.165) is 26.1 Å². The third kappa shape index (κ3) is 2.98. The van der Waals surface area contributed by atoms with Crippen molar-refractivity contribution in [2.75, 3.05) is 5.75 Å². The molecule has 1 aromatic carbocycles. The Morgan fingerprint density at radius 1 is 1.52 bits per heavy atom. The van der Waals surface area contributed by atoms with Crippen LogP contribution in [0.3, 0.4) is 0 Å². The molecular weight excluding hydrogens is 322 g/mol. The average molecular weight is 334 g/mol. The summed E-state index contributed by atoms with van der Waals surface area (Å²) in [5.41, 5.74) is 2.93. The fraction of sp³-hybridized carbons (Fsp3) is 0.200. The molecule has 106 valence electrons. The molecule has 2 heterocycles. The van der Waals surface area contributed by atoms with Crippen molar-refractivity contribution in [1.29, 1.82) is 5.26 Å². The van der Waals surface area contributed by atoms with Gasteiger partial charge in [0.25, 0.3) is 0 Å². The van der Waals surface area contributed by atoms with E-state index in [1.807, 2.05) is 13.0 Å². The van der Waals surface area contributed by atoms with Gasteiger partial charge in [0, 0.05) is 28.4 Å². The first-order chi connectivity index (χ1) is 10.2. The number of benzene rings is 1. The highest BCUT2D eigenvalue weighted by Crippen LogP contribution is 2.53. The van der Waals surface area contributed by atoms with Crippen molar-refractivity contribution in [2.24, 2.45) is 0 Å². The molecule has 3 rings (SSSR count). The quantitative estimate of drug-likeness (QED) is 0.746. The molecule has 0 N–H and O–H groups in total. The van der Waals surface area contributed by atoms with Crippen LogP contribution >= 0.6 is 35.1 Å². The number of nitriles is 1. The van der Waals surface area contributed by atoms with Crippen molar-refractivity contribution in [1.82, 2.24) is 9.55 Å². The molecule has 0 aliphatic carbocycles. The fourth-order valence-electron chi connectivity index (χ4n) is 2.12. The van der Waals surface area contributed by atoms with E-state index in [2.05, 4.69) is 23.2 Å². The summed E-state index contributed by atoms with van der Waals surface area (Å²) < 4.78 is 2.78. The number of thioether (sulfide) groups is 2. The third-order valence-corrected chi connectivity index (χ3v) is 6.43. The van der Waals surface area contributed by atoms with Gasteiger partial charge in [0.15, 0.2) is 0 Å². The summed E-state index contributed by atoms with van der Waals surface area (Å²) in [7, 11) is 0. The van der Waals surface area contributed by atoms with E-state index in [1.165, 1.54) is 0 Å². The maximum absolute atomic E-state index is 9.40. The Hall–Kier alpha value is -1.35. The maximum Gasteiger partial charge on any atom is 0.145 e. The Kier molecular flexibility index (Phi) is 4.29. The first-order valence-corrected chi connectivity index (χ1v) is 8.61.